The summed E-state index contributed by atoms with van der Waals surface area (Å²) in [7, 11) is 1.55. The van der Waals surface area contributed by atoms with Crippen LogP contribution in [-0.4, -0.2) is 17.1 Å². The summed E-state index contributed by atoms with van der Waals surface area (Å²) in [4.78, 5) is 7.68. The number of hydrogen-bond acceptors (Lipinski definition) is 4. The third kappa shape index (κ3) is 2.44. The summed E-state index contributed by atoms with van der Waals surface area (Å²) in [6.45, 7) is 0. The lowest BCUT2D eigenvalue weighted by atomic mass is 10.4. The van der Waals surface area contributed by atoms with Gasteiger partial charge in [-0.3, -0.25) is 0 Å². The molecule has 0 aromatic carbocycles. The topological polar surface area (TPSA) is 47.0 Å². The first-order chi connectivity index (χ1) is 7.78. The Bertz CT molecular complexity index is 473. The van der Waals surface area contributed by atoms with Crippen molar-refractivity contribution in [2.45, 2.75) is 0 Å². The highest BCUT2D eigenvalue weighted by molar-refractivity contribution is 5.54. The largest absolute Gasteiger partial charge is 0.481 e. The van der Waals surface area contributed by atoms with Crippen molar-refractivity contribution >= 4 is 11.5 Å². The van der Waals surface area contributed by atoms with E-state index < -0.39 is 5.95 Å². The summed E-state index contributed by atoms with van der Waals surface area (Å²) in [5.74, 6) is 0.441. The van der Waals surface area contributed by atoms with Crippen LogP contribution < -0.4 is 10.1 Å². The van der Waals surface area contributed by atoms with Crippen molar-refractivity contribution < 1.29 is 9.13 Å². The van der Waals surface area contributed by atoms with Crippen molar-refractivity contribution in [2.24, 2.45) is 0 Å². The fourth-order valence-corrected chi connectivity index (χ4v) is 1.20. The number of ether oxygens (including phenoxy) is 1. The predicted molar refractivity (Wildman–Crippen MR) is 58.3 cm³/mol. The molecule has 0 spiro atoms. The van der Waals surface area contributed by atoms with Gasteiger partial charge in [-0.05, 0) is 18.2 Å². The second-order valence-corrected chi connectivity index (χ2v) is 3.06. The van der Waals surface area contributed by atoms with E-state index in [-0.39, 0.29) is 0 Å². The summed E-state index contributed by atoms with van der Waals surface area (Å²) < 4.78 is 17.7. The minimum atomic E-state index is -0.522. The fourth-order valence-electron chi connectivity index (χ4n) is 1.20. The Morgan fingerprint density at radius 1 is 1.25 bits per heavy atom. The van der Waals surface area contributed by atoms with Crippen LogP contribution in [0.2, 0.25) is 0 Å². The molecular weight excluding hydrogens is 209 g/mol. The molecule has 82 valence electrons. The van der Waals surface area contributed by atoms with E-state index in [2.05, 4.69) is 15.3 Å². The van der Waals surface area contributed by atoms with Gasteiger partial charge in [0.25, 0.3) is 0 Å². The molecule has 2 heterocycles. The molecule has 2 rings (SSSR count). The lowest BCUT2D eigenvalue weighted by Crippen LogP contribution is -1.96. The van der Waals surface area contributed by atoms with Crippen LogP contribution in [0, 0.1) is 5.95 Å². The number of methoxy groups -OCH3 is 1. The van der Waals surface area contributed by atoms with Gasteiger partial charge in [-0.15, -0.1) is 0 Å². The van der Waals surface area contributed by atoms with E-state index >= 15 is 0 Å². The summed E-state index contributed by atoms with van der Waals surface area (Å²) in [5, 5.41) is 2.93. The highest BCUT2D eigenvalue weighted by Crippen LogP contribution is 2.15. The van der Waals surface area contributed by atoms with E-state index in [9.17, 15) is 4.39 Å². The highest BCUT2D eigenvalue weighted by Gasteiger charge is 1.98. The molecule has 5 heteroatoms. The molecule has 2 aromatic rings. The summed E-state index contributed by atoms with van der Waals surface area (Å²) in [6.07, 6.45) is 1.59. The summed E-state index contributed by atoms with van der Waals surface area (Å²) >= 11 is 0. The van der Waals surface area contributed by atoms with E-state index in [0.29, 0.717) is 11.7 Å². The van der Waals surface area contributed by atoms with Crippen LogP contribution in [0.15, 0.2) is 36.5 Å². The second kappa shape index (κ2) is 4.57. The van der Waals surface area contributed by atoms with Crippen LogP contribution in [0.1, 0.15) is 0 Å². The van der Waals surface area contributed by atoms with Crippen molar-refractivity contribution in [3.63, 3.8) is 0 Å². The van der Waals surface area contributed by atoms with Gasteiger partial charge in [0.2, 0.25) is 11.8 Å². The monoisotopic (exact) mass is 219 g/mol. The number of nitrogens with one attached hydrogen (secondary N) is 1. The first-order valence-corrected chi connectivity index (χ1v) is 4.67. The lowest BCUT2D eigenvalue weighted by Gasteiger charge is -2.05. The minimum absolute atomic E-state index is 0.437. The molecule has 0 aliphatic rings. The molecule has 0 amide bonds. The predicted octanol–water partition coefficient (Wildman–Crippen LogP) is 2.37. The van der Waals surface area contributed by atoms with E-state index in [0.717, 1.165) is 5.69 Å². The number of halogens is 1. The normalized spacial score (nSPS) is 9.88. The molecule has 0 aliphatic heterocycles. The molecule has 0 saturated heterocycles. The van der Waals surface area contributed by atoms with Gasteiger partial charge in [-0.1, -0.05) is 6.07 Å². The molecular formula is C11H10FN3O. The van der Waals surface area contributed by atoms with Gasteiger partial charge in [0.15, 0.2) is 0 Å². The van der Waals surface area contributed by atoms with Gasteiger partial charge in [0.05, 0.1) is 19.0 Å². The average Bonchev–Trinajstić information content (AvgIpc) is 2.30. The Kier molecular flexibility index (Phi) is 2.95. The zero-order valence-corrected chi connectivity index (χ0v) is 8.64. The van der Waals surface area contributed by atoms with Crippen LogP contribution in [0.5, 0.6) is 5.88 Å². The second-order valence-electron chi connectivity index (χ2n) is 3.06. The number of nitrogens with zero attached hydrogens (tertiary/aromatic N) is 2. The van der Waals surface area contributed by atoms with E-state index in [1.165, 1.54) is 6.07 Å². The van der Waals surface area contributed by atoms with Crippen LogP contribution in [0.25, 0.3) is 0 Å². The molecule has 0 unspecified atom stereocenters. The quantitative estimate of drug-likeness (QED) is 0.805. The number of pyridine rings is 2. The Morgan fingerprint density at radius 3 is 2.75 bits per heavy atom. The zero-order chi connectivity index (χ0) is 11.4. The molecule has 0 fully saturated rings. The van der Waals surface area contributed by atoms with Crippen molar-refractivity contribution in [1.82, 2.24) is 9.97 Å². The summed E-state index contributed by atoms with van der Waals surface area (Å²) in [5.41, 5.74) is 0.721. The zero-order valence-electron chi connectivity index (χ0n) is 8.64. The first kappa shape index (κ1) is 10.4. The molecule has 0 radical (unpaired) electrons. The maximum Gasteiger partial charge on any atom is 0.214 e. The fraction of sp³-hybridized carbons (Fsp3) is 0.0909. The third-order valence-corrected chi connectivity index (χ3v) is 1.93. The molecule has 0 bridgehead atoms. The SMILES string of the molecule is COc1ccc(Nc2cccc(F)n2)cn1. The first-order valence-electron chi connectivity index (χ1n) is 4.67. The van der Waals surface area contributed by atoms with E-state index in [4.69, 9.17) is 4.74 Å². The van der Waals surface area contributed by atoms with Crippen LogP contribution >= 0.6 is 0 Å². The minimum Gasteiger partial charge on any atom is -0.481 e. The Morgan fingerprint density at radius 2 is 2.12 bits per heavy atom. The third-order valence-electron chi connectivity index (χ3n) is 1.93. The molecule has 0 saturated carbocycles. The van der Waals surface area contributed by atoms with Crippen molar-refractivity contribution in [2.75, 3.05) is 12.4 Å². The van der Waals surface area contributed by atoms with Crippen LogP contribution in [-0.2, 0) is 0 Å². The van der Waals surface area contributed by atoms with Crippen LogP contribution in [0.3, 0.4) is 0 Å². The molecule has 16 heavy (non-hydrogen) atoms. The maximum absolute atomic E-state index is 12.8. The van der Waals surface area contributed by atoms with Gasteiger partial charge in [0, 0.05) is 6.07 Å². The number of hydrogen-bond donors (Lipinski definition) is 1. The van der Waals surface area contributed by atoms with Crippen LogP contribution in [0.4, 0.5) is 15.9 Å². The highest BCUT2D eigenvalue weighted by atomic mass is 19.1. The lowest BCUT2D eigenvalue weighted by molar-refractivity contribution is 0.398. The number of aromatic nitrogens is 2. The van der Waals surface area contributed by atoms with E-state index in [1.54, 1.807) is 37.6 Å². The Balaban J connectivity index is 2.14. The van der Waals surface area contributed by atoms with Gasteiger partial charge in [-0.25, -0.2) is 9.97 Å². The molecule has 0 aliphatic carbocycles. The van der Waals surface area contributed by atoms with Crippen molar-refractivity contribution in [3.8, 4) is 5.88 Å². The molecule has 0 atom stereocenters. The smallest absolute Gasteiger partial charge is 0.214 e. The van der Waals surface area contributed by atoms with Crippen molar-refractivity contribution in [3.05, 3.63) is 42.5 Å². The Hall–Kier alpha value is -2.17. The molecule has 4 nitrogen and oxygen atoms in total. The maximum atomic E-state index is 12.8. The number of rotatable bonds is 3. The van der Waals surface area contributed by atoms with Gasteiger partial charge in [-0.2, -0.15) is 4.39 Å². The average molecular weight is 219 g/mol. The number of anilines is 2. The molecule has 2 aromatic heterocycles. The van der Waals surface area contributed by atoms with Gasteiger partial charge >= 0.3 is 0 Å². The molecule has 1 N–H and O–H groups in total. The van der Waals surface area contributed by atoms with Crippen molar-refractivity contribution in [1.29, 1.82) is 0 Å². The standard InChI is InChI=1S/C11H10FN3O/c1-16-11-6-5-8(7-13-11)14-10-4-2-3-9(12)15-10/h2-7H,1H3,(H,14,15). The van der Waals surface area contributed by atoms with Gasteiger partial charge < -0.3 is 10.1 Å². The van der Waals surface area contributed by atoms with E-state index in [1.807, 2.05) is 0 Å². The Labute approximate surface area is 92.1 Å². The summed E-state index contributed by atoms with van der Waals surface area (Å²) in [6, 6.07) is 8.03. The van der Waals surface area contributed by atoms with Gasteiger partial charge in [0.1, 0.15) is 5.82 Å².